The van der Waals surface area contributed by atoms with Crippen molar-refractivity contribution in [2.75, 3.05) is 6.61 Å². The summed E-state index contributed by atoms with van der Waals surface area (Å²) in [5, 5.41) is 10.2. The van der Waals surface area contributed by atoms with E-state index in [-0.39, 0.29) is 6.10 Å². The highest BCUT2D eigenvalue weighted by Gasteiger charge is 2.26. The van der Waals surface area contributed by atoms with E-state index in [0.717, 1.165) is 54.5 Å². The van der Waals surface area contributed by atoms with Crippen LogP contribution in [0.2, 0.25) is 0 Å². The standard InChI is InChI=1S/C13H15BrO2/c14-10-7-8-5-6-16-13(8)9-3-1-2-4-11(15)12(9)10/h7,11,15H,1-6H2/t11-/m0/s1. The average Bonchev–Trinajstić information content (AvgIpc) is 2.62. The zero-order chi connectivity index (χ0) is 11.1. The molecule has 0 spiro atoms. The third-order valence-electron chi connectivity index (χ3n) is 3.55. The molecule has 0 saturated heterocycles. The molecule has 16 heavy (non-hydrogen) atoms. The largest absolute Gasteiger partial charge is 0.493 e. The number of rotatable bonds is 0. The predicted octanol–water partition coefficient (Wildman–Crippen LogP) is 3.14. The topological polar surface area (TPSA) is 29.5 Å². The molecule has 1 aromatic carbocycles. The third-order valence-corrected chi connectivity index (χ3v) is 4.21. The molecular weight excluding hydrogens is 268 g/mol. The summed E-state index contributed by atoms with van der Waals surface area (Å²) in [6, 6.07) is 2.12. The van der Waals surface area contributed by atoms with Gasteiger partial charge in [-0.25, -0.2) is 0 Å². The third kappa shape index (κ3) is 1.57. The Morgan fingerprint density at radius 3 is 3.06 bits per heavy atom. The minimum absolute atomic E-state index is 0.332. The minimum Gasteiger partial charge on any atom is -0.493 e. The first kappa shape index (κ1) is 10.6. The highest BCUT2D eigenvalue weighted by atomic mass is 79.9. The fraction of sp³-hybridized carbons (Fsp3) is 0.538. The van der Waals surface area contributed by atoms with Crippen molar-refractivity contribution in [1.29, 1.82) is 0 Å². The molecule has 1 heterocycles. The van der Waals surface area contributed by atoms with Crippen LogP contribution in [0, 0.1) is 0 Å². The van der Waals surface area contributed by atoms with Crippen LogP contribution in [0.1, 0.15) is 42.1 Å². The van der Waals surface area contributed by atoms with Crippen LogP contribution in [-0.2, 0) is 12.8 Å². The lowest BCUT2D eigenvalue weighted by molar-refractivity contribution is 0.165. The molecule has 2 nitrogen and oxygen atoms in total. The predicted molar refractivity (Wildman–Crippen MR) is 65.9 cm³/mol. The van der Waals surface area contributed by atoms with Gasteiger partial charge < -0.3 is 9.84 Å². The fourth-order valence-corrected chi connectivity index (χ4v) is 3.56. The summed E-state index contributed by atoms with van der Waals surface area (Å²) >= 11 is 3.60. The molecule has 0 saturated carbocycles. The molecule has 0 aromatic heterocycles. The summed E-state index contributed by atoms with van der Waals surface area (Å²) in [6.07, 6.45) is 4.81. The van der Waals surface area contributed by atoms with E-state index >= 15 is 0 Å². The van der Waals surface area contributed by atoms with Gasteiger partial charge in [-0.3, -0.25) is 0 Å². The lowest BCUT2D eigenvalue weighted by atomic mass is 9.97. The Balaban J connectivity index is 2.21. The number of fused-ring (bicyclic) bond motifs is 3. The first-order valence-electron chi connectivity index (χ1n) is 5.92. The highest BCUT2D eigenvalue weighted by molar-refractivity contribution is 9.10. The second-order valence-corrected chi connectivity index (χ2v) is 5.45. The number of benzene rings is 1. The van der Waals surface area contributed by atoms with Crippen LogP contribution < -0.4 is 4.74 Å². The maximum absolute atomic E-state index is 10.2. The summed E-state index contributed by atoms with van der Waals surface area (Å²) < 4.78 is 6.78. The van der Waals surface area contributed by atoms with Crippen molar-refractivity contribution in [3.8, 4) is 5.75 Å². The van der Waals surface area contributed by atoms with Crippen LogP contribution in [-0.4, -0.2) is 11.7 Å². The van der Waals surface area contributed by atoms with E-state index in [1.807, 2.05) is 0 Å². The second-order valence-electron chi connectivity index (χ2n) is 4.60. The smallest absolute Gasteiger partial charge is 0.126 e. The summed E-state index contributed by atoms with van der Waals surface area (Å²) in [7, 11) is 0. The first-order chi connectivity index (χ1) is 7.77. The zero-order valence-corrected chi connectivity index (χ0v) is 10.7. The van der Waals surface area contributed by atoms with Crippen LogP contribution in [0.3, 0.4) is 0 Å². The minimum atomic E-state index is -0.332. The fourth-order valence-electron chi connectivity index (χ4n) is 2.78. The van der Waals surface area contributed by atoms with Crippen molar-refractivity contribution >= 4 is 15.9 Å². The molecule has 1 N–H and O–H groups in total. The Labute approximate surface area is 104 Å². The summed E-state index contributed by atoms with van der Waals surface area (Å²) in [4.78, 5) is 0. The molecule has 2 aliphatic rings. The number of aliphatic hydroxyl groups excluding tert-OH is 1. The van der Waals surface area contributed by atoms with Crippen molar-refractivity contribution in [2.45, 2.75) is 38.2 Å². The Bertz CT molecular complexity index is 428. The van der Waals surface area contributed by atoms with Crippen molar-refractivity contribution < 1.29 is 9.84 Å². The van der Waals surface area contributed by atoms with Crippen molar-refractivity contribution in [2.24, 2.45) is 0 Å². The van der Waals surface area contributed by atoms with Gasteiger partial charge in [0, 0.05) is 22.0 Å². The monoisotopic (exact) mass is 282 g/mol. The van der Waals surface area contributed by atoms with Crippen molar-refractivity contribution in [3.05, 3.63) is 27.2 Å². The van der Waals surface area contributed by atoms with E-state index in [1.165, 1.54) is 11.1 Å². The molecule has 1 aliphatic carbocycles. The number of halogens is 1. The van der Waals surface area contributed by atoms with Gasteiger partial charge in [0.1, 0.15) is 5.75 Å². The summed E-state index contributed by atoms with van der Waals surface area (Å²) in [5.74, 6) is 1.05. The van der Waals surface area contributed by atoms with Crippen LogP contribution in [0.5, 0.6) is 5.75 Å². The van der Waals surface area contributed by atoms with Crippen molar-refractivity contribution in [1.82, 2.24) is 0 Å². The van der Waals surface area contributed by atoms with E-state index in [2.05, 4.69) is 22.0 Å². The van der Waals surface area contributed by atoms with E-state index in [1.54, 1.807) is 0 Å². The van der Waals surface area contributed by atoms with Gasteiger partial charge in [-0.15, -0.1) is 0 Å². The molecule has 3 heteroatoms. The van der Waals surface area contributed by atoms with E-state index < -0.39 is 0 Å². The second kappa shape index (κ2) is 4.04. The van der Waals surface area contributed by atoms with Gasteiger partial charge in [-0.1, -0.05) is 22.4 Å². The normalized spacial score (nSPS) is 23.2. The van der Waals surface area contributed by atoms with E-state index in [0.29, 0.717) is 0 Å². The average molecular weight is 283 g/mol. The first-order valence-corrected chi connectivity index (χ1v) is 6.71. The Kier molecular flexibility index (Phi) is 2.68. The van der Waals surface area contributed by atoms with Crippen LogP contribution in [0.15, 0.2) is 10.5 Å². The van der Waals surface area contributed by atoms with Gasteiger partial charge in [0.2, 0.25) is 0 Å². The summed E-state index contributed by atoms with van der Waals surface area (Å²) in [5.41, 5.74) is 3.60. The van der Waals surface area contributed by atoms with Gasteiger partial charge in [-0.05, 0) is 30.9 Å². The number of aliphatic hydroxyl groups is 1. The van der Waals surface area contributed by atoms with Gasteiger partial charge in [-0.2, -0.15) is 0 Å². The SMILES string of the molecule is O[C@H]1CCCCc2c3c(cc(Br)c21)CCO3. The van der Waals surface area contributed by atoms with Gasteiger partial charge in [0.05, 0.1) is 12.7 Å². The molecule has 0 unspecified atom stereocenters. The number of hydrogen-bond acceptors (Lipinski definition) is 2. The summed E-state index contributed by atoms with van der Waals surface area (Å²) in [6.45, 7) is 0.786. The highest BCUT2D eigenvalue weighted by Crippen LogP contribution is 2.42. The van der Waals surface area contributed by atoms with Gasteiger partial charge in [0.25, 0.3) is 0 Å². The molecular formula is C13H15BrO2. The maximum atomic E-state index is 10.2. The zero-order valence-electron chi connectivity index (χ0n) is 9.13. The molecule has 0 bridgehead atoms. The van der Waals surface area contributed by atoms with Crippen molar-refractivity contribution in [3.63, 3.8) is 0 Å². The van der Waals surface area contributed by atoms with Crippen LogP contribution in [0.25, 0.3) is 0 Å². The molecule has 3 rings (SSSR count). The molecule has 86 valence electrons. The molecule has 1 atom stereocenters. The Hall–Kier alpha value is -0.540. The Morgan fingerprint density at radius 1 is 1.31 bits per heavy atom. The molecule has 0 amide bonds. The quantitative estimate of drug-likeness (QED) is 0.741. The number of ether oxygens (including phenoxy) is 1. The number of hydrogen-bond donors (Lipinski definition) is 1. The lowest BCUT2D eigenvalue weighted by Gasteiger charge is -2.17. The molecule has 0 fully saturated rings. The lowest BCUT2D eigenvalue weighted by Crippen LogP contribution is -2.02. The molecule has 0 radical (unpaired) electrons. The maximum Gasteiger partial charge on any atom is 0.126 e. The Morgan fingerprint density at radius 2 is 2.19 bits per heavy atom. The molecule has 1 aliphatic heterocycles. The van der Waals surface area contributed by atoms with Crippen LogP contribution >= 0.6 is 15.9 Å². The van der Waals surface area contributed by atoms with E-state index in [9.17, 15) is 5.11 Å². The van der Waals surface area contributed by atoms with E-state index in [4.69, 9.17) is 4.74 Å². The van der Waals surface area contributed by atoms with Gasteiger partial charge in [0.15, 0.2) is 0 Å². The molecule has 1 aromatic rings. The van der Waals surface area contributed by atoms with Gasteiger partial charge >= 0.3 is 0 Å². The van der Waals surface area contributed by atoms with Crippen LogP contribution in [0.4, 0.5) is 0 Å².